The predicted molar refractivity (Wildman–Crippen MR) is 85.5 cm³/mol. The minimum Gasteiger partial charge on any atom is -0.492 e. The number of amides is 1. The Morgan fingerprint density at radius 3 is 2.86 bits per heavy atom. The van der Waals surface area contributed by atoms with E-state index >= 15 is 0 Å². The number of hydrogen-bond donors (Lipinski definition) is 2. The molecule has 1 saturated carbocycles. The lowest BCUT2D eigenvalue weighted by Crippen LogP contribution is -2.35. The van der Waals surface area contributed by atoms with E-state index < -0.39 is 0 Å². The average Bonchev–Trinajstić information content (AvgIpc) is 2.50. The van der Waals surface area contributed by atoms with Gasteiger partial charge in [0.1, 0.15) is 5.75 Å². The van der Waals surface area contributed by atoms with E-state index in [1.165, 1.54) is 6.42 Å². The summed E-state index contributed by atoms with van der Waals surface area (Å²) in [4.78, 5) is 12.6. The van der Waals surface area contributed by atoms with Gasteiger partial charge < -0.3 is 15.8 Å². The zero-order valence-electron chi connectivity index (χ0n) is 13.0. The molecule has 1 aromatic rings. The molecule has 1 aliphatic carbocycles. The lowest BCUT2D eigenvalue weighted by atomic mass is 9.78. The summed E-state index contributed by atoms with van der Waals surface area (Å²) < 4.78 is 5.62. The fourth-order valence-corrected chi connectivity index (χ4v) is 3.07. The first-order valence-corrected chi connectivity index (χ1v) is 7.90. The van der Waals surface area contributed by atoms with Crippen molar-refractivity contribution in [1.82, 2.24) is 0 Å². The molecule has 4 heteroatoms. The van der Waals surface area contributed by atoms with Crippen LogP contribution in [0.4, 0.5) is 5.69 Å². The highest BCUT2D eigenvalue weighted by Crippen LogP contribution is 2.32. The van der Waals surface area contributed by atoms with E-state index in [4.69, 9.17) is 10.5 Å². The molecule has 21 heavy (non-hydrogen) atoms. The van der Waals surface area contributed by atoms with Crippen LogP contribution >= 0.6 is 0 Å². The summed E-state index contributed by atoms with van der Waals surface area (Å²) in [6.07, 6.45) is 4.28. The van der Waals surface area contributed by atoms with Crippen LogP contribution < -0.4 is 15.8 Å². The van der Waals surface area contributed by atoms with Crippen molar-refractivity contribution in [3.8, 4) is 5.75 Å². The van der Waals surface area contributed by atoms with Gasteiger partial charge in [-0.1, -0.05) is 18.9 Å². The largest absolute Gasteiger partial charge is 0.492 e. The summed E-state index contributed by atoms with van der Waals surface area (Å²) in [5, 5.41) is 3.04. The molecule has 116 valence electrons. The maximum absolute atomic E-state index is 12.6. The predicted octanol–water partition coefficient (Wildman–Crippen LogP) is 3.10. The van der Waals surface area contributed by atoms with Crippen molar-refractivity contribution >= 4 is 11.6 Å². The van der Waals surface area contributed by atoms with E-state index in [0.717, 1.165) is 36.3 Å². The second kappa shape index (κ2) is 7.46. The number of carbonyl (C=O) groups excluding carboxylic acids is 1. The van der Waals surface area contributed by atoms with E-state index in [2.05, 4.69) is 5.32 Å². The molecule has 0 aliphatic heterocycles. The first-order chi connectivity index (χ1) is 10.2. The molecule has 0 spiro atoms. The minimum atomic E-state index is 0.0273. The number of nitrogens with one attached hydrogen (secondary N) is 1. The minimum absolute atomic E-state index is 0.0273. The van der Waals surface area contributed by atoms with Crippen LogP contribution in [0.1, 0.15) is 38.2 Å². The zero-order chi connectivity index (χ0) is 15.2. The van der Waals surface area contributed by atoms with Gasteiger partial charge in [0.25, 0.3) is 0 Å². The zero-order valence-corrected chi connectivity index (χ0v) is 13.0. The van der Waals surface area contributed by atoms with Gasteiger partial charge in [0.05, 0.1) is 12.3 Å². The van der Waals surface area contributed by atoms with Crippen molar-refractivity contribution in [2.24, 2.45) is 17.6 Å². The van der Waals surface area contributed by atoms with Crippen molar-refractivity contribution in [3.05, 3.63) is 23.8 Å². The number of benzene rings is 1. The molecule has 3 N–H and O–H groups in total. The highest BCUT2D eigenvalue weighted by atomic mass is 16.5. The molecule has 1 amide bonds. The van der Waals surface area contributed by atoms with Crippen LogP contribution in [0, 0.1) is 18.8 Å². The van der Waals surface area contributed by atoms with Crippen molar-refractivity contribution < 1.29 is 9.53 Å². The topological polar surface area (TPSA) is 64.3 Å². The Morgan fingerprint density at radius 2 is 2.14 bits per heavy atom. The van der Waals surface area contributed by atoms with Crippen molar-refractivity contribution in [2.45, 2.75) is 39.5 Å². The van der Waals surface area contributed by atoms with E-state index in [-0.39, 0.29) is 11.8 Å². The third-order valence-electron chi connectivity index (χ3n) is 4.24. The van der Waals surface area contributed by atoms with E-state index in [9.17, 15) is 4.79 Å². The maximum atomic E-state index is 12.6. The van der Waals surface area contributed by atoms with Gasteiger partial charge in [-0.15, -0.1) is 0 Å². The van der Waals surface area contributed by atoms with E-state index in [0.29, 0.717) is 19.1 Å². The van der Waals surface area contributed by atoms with E-state index in [1.54, 1.807) is 0 Å². The molecule has 0 aromatic heterocycles. The number of nitrogens with two attached hydrogens (primary N) is 1. The fourth-order valence-electron chi connectivity index (χ4n) is 3.07. The molecular weight excluding hydrogens is 264 g/mol. The summed E-state index contributed by atoms with van der Waals surface area (Å²) in [5.74, 6) is 1.15. The Hall–Kier alpha value is -1.55. The highest BCUT2D eigenvalue weighted by Gasteiger charge is 2.30. The molecule has 0 radical (unpaired) electrons. The van der Waals surface area contributed by atoms with Gasteiger partial charge in [0.2, 0.25) is 5.91 Å². The van der Waals surface area contributed by atoms with Crippen molar-refractivity contribution in [3.63, 3.8) is 0 Å². The fraction of sp³-hybridized carbons (Fsp3) is 0.588. The second-order valence-corrected chi connectivity index (χ2v) is 5.81. The van der Waals surface area contributed by atoms with Crippen molar-refractivity contribution in [1.29, 1.82) is 0 Å². The Bertz CT molecular complexity index is 488. The molecule has 0 bridgehead atoms. The van der Waals surface area contributed by atoms with Gasteiger partial charge in [0.15, 0.2) is 0 Å². The monoisotopic (exact) mass is 290 g/mol. The van der Waals surface area contributed by atoms with Gasteiger partial charge in [-0.2, -0.15) is 0 Å². The third-order valence-corrected chi connectivity index (χ3v) is 4.24. The molecule has 0 heterocycles. The molecule has 1 aliphatic rings. The summed E-state index contributed by atoms with van der Waals surface area (Å²) in [5.41, 5.74) is 7.70. The Kier molecular flexibility index (Phi) is 5.62. The number of aryl methyl sites for hydroxylation is 1. The summed E-state index contributed by atoms with van der Waals surface area (Å²) in [7, 11) is 0. The van der Waals surface area contributed by atoms with Crippen LogP contribution in [0.5, 0.6) is 5.75 Å². The summed E-state index contributed by atoms with van der Waals surface area (Å²) >= 11 is 0. The number of anilines is 1. The molecule has 4 nitrogen and oxygen atoms in total. The van der Waals surface area contributed by atoms with Gasteiger partial charge in [0, 0.05) is 5.92 Å². The summed E-state index contributed by atoms with van der Waals surface area (Å²) in [6, 6.07) is 5.86. The Labute approximate surface area is 127 Å². The lowest BCUT2D eigenvalue weighted by molar-refractivity contribution is -0.122. The lowest BCUT2D eigenvalue weighted by Gasteiger charge is -2.29. The molecule has 1 aromatic carbocycles. The Balaban J connectivity index is 2.11. The first kappa shape index (κ1) is 15.8. The Morgan fingerprint density at radius 1 is 1.38 bits per heavy atom. The van der Waals surface area contributed by atoms with E-state index in [1.807, 2.05) is 32.0 Å². The van der Waals surface area contributed by atoms with Crippen LogP contribution in [0.3, 0.4) is 0 Å². The van der Waals surface area contributed by atoms with Crippen LogP contribution in [0.25, 0.3) is 0 Å². The second-order valence-electron chi connectivity index (χ2n) is 5.81. The molecular formula is C17H26N2O2. The standard InChI is InChI=1S/C17H26N2O2/c1-3-21-16-10-12(2)8-9-15(16)19-17(20)14-7-5-4-6-13(14)11-18/h8-10,13-14H,3-7,11,18H2,1-2H3,(H,19,20). The molecule has 2 atom stereocenters. The normalized spacial score (nSPS) is 21.9. The van der Waals surface area contributed by atoms with Crippen LogP contribution in [0.15, 0.2) is 18.2 Å². The van der Waals surface area contributed by atoms with Gasteiger partial charge in [-0.05, 0) is 56.8 Å². The number of carbonyl (C=O) groups is 1. The molecule has 0 saturated heterocycles. The number of ether oxygens (including phenoxy) is 1. The van der Waals surface area contributed by atoms with Crippen molar-refractivity contribution in [2.75, 3.05) is 18.5 Å². The first-order valence-electron chi connectivity index (χ1n) is 7.90. The number of rotatable bonds is 5. The third kappa shape index (κ3) is 3.97. The maximum Gasteiger partial charge on any atom is 0.227 e. The van der Waals surface area contributed by atoms with Gasteiger partial charge in [-0.3, -0.25) is 4.79 Å². The average molecular weight is 290 g/mol. The van der Waals surface area contributed by atoms with Crippen LogP contribution in [-0.4, -0.2) is 19.1 Å². The van der Waals surface area contributed by atoms with Crippen LogP contribution in [0.2, 0.25) is 0 Å². The summed E-state index contributed by atoms with van der Waals surface area (Å²) in [6.45, 7) is 5.13. The van der Waals surface area contributed by atoms with Crippen LogP contribution in [-0.2, 0) is 4.79 Å². The van der Waals surface area contributed by atoms with Gasteiger partial charge in [-0.25, -0.2) is 0 Å². The SMILES string of the molecule is CCOc1cc(C)ccc1NC(=O)C1CCCCC1CN. The smallest absolute Gasteiger partial charge is 0.227 e. The molecule has 2 rings (SSSR count). The number of hydrogen-bond acceptors (Lipinski definition) is 3. The highest BCUT2D eigenvalue weighted by molar-refractivity contribution is 5.94. The van der Waals surface area contributed by atoms with Gasteiger partial charge >= 0.3 is 0 Å². The quantitative estimate of drug-likeness (QED) is 0.876. The molecule has 2 unspecified atom stereocenters. The molecule has 1 fully saturated rings.